The van der Waals surface area contributed by atoms with Crippen molar-refractivity contribution in [3.63, 3.8) is 0 Å². The Morgan fingerprint density at radius 3 is 2.71 bits per heavy atom. The molecule has 0 aliphatic heterocycles. The number of ether oxygens (including phenoxy) is 2. The van der Waals surface area contributed by atoms with E-state index < -0.39 is 10.8 Å². The van der Waals surface area contributed by atoms with Gasteiger partial charge < -0.3 is 20.5 Å². The lowest BCUT2D eigenvalue weighted by Crippen LogP contribution is -2.15. The fourth-order valence-electron chi connectivity index (χ4n) is 1.67. The first-order chi connectivity index (χ1) is 10.1. The average Bonchev–Trinajstić information content (AvgIpc) is 2.47. The summed E-state index contributed by atoms with van der Waals surface area (Å²) in [5.41, 5.74) is 6.83. The molecule has 1 rings (SSSR count). The summed E-state index contributed by atoms with van der Waals surface area (Å²) in [5, 5.41) is 2.74. The largest absolute Gasteiger partial charge is 0.497 e. The molecule has 118 valence electrons. The maximum Gasteiger partial charge on any atom is 0.224 e. The predicted molar refractivity (Wildman–Crippen MR) is 85.0 cm³/mol. The predicted octanol–water partition coefficient (Wildman–Crippen LogP) is 1.39. The fourth-order valence-corrected chi connectivity index (χ4v) is 2.69. The van der Waals surface area contributed by atoms with Crippen LogP contribution in [0.25, 0.3) is 0 Å². The van der Waals surface area contributed by atoms with Gasteiger partial charge in [0.2, 0.25) is 5.91 Å². The summed E-state index contributed by atoms with van der Waals surface area (Å²) in [5.74, 6) is 1.49. The maximum absolute atomic E-state index is 11.8. The Labute approximate surface area is 127 Å². The Kier molecular flexibility index (Phi) is 7.78. The van der Waals surface area contributed by atoms with Crippen molar-refractivity contribution in [2.75, 3.05) is 43.4 Å². The van der Waals surface area contributed by atoms with E-state index in [-0.39, 0.29) is 5.91 Å². The molecule has 1 unspecified atom stereocenters. The highest BCUT2D eigenvalue weighted by molar-refractivity contribution is 7.84. The van der Waals surface area contributed by atoms with Crippen molar-refractivity contribution in [1.82, 2.24) is 0 Å². The van der Waals surface area contributed by atoms with Gasteiger partial charge in [0.05, 0.1) is 25.1 Å². The number of nitrogens with two attached hydrogens (primary N) is 1. The van der Waals surface area contributed by atoms with Crippen LogP contribution in [0.1, 0.15) is 12.8 Å². The molecule has 0 aliphatic rings. The second-order valence-electron chi connectivity index (χ2n) is 4.45. The normalized spacial score (nSPS) is 11.9. The second kappa shape index (κ2) is 9.36. The van der Waals surface area contributed by atoms with Crippen molar-refractivity contribution in [1.29, 1.82) is 0 Å². The molecule has 1 amide bonds. The minimum atomic E-state index is -0.938. The summed E-state index contributed by atoms with van der Waals surface area (Å²) in [6, 6.07) is 5.07. The van der Waals surface area contributed by atoms with Crippen LogP contribution in [0.15, 0.2) is 18.2 Å². The minimum Gasteiger partial charge on any atom is -0.497 e. The van der Waals surface area contributed by atoms with Crippen LogP contribution < -0.4 is 15.8 Å². The SMILES string of the molecule is COCCS(=O)CCCC(=O)Nc1ccc(OC)cc1N. The Hall–Kier alpha value is -1.60. The smallest absolute Gasteiger partial charge is 0.224 e. The molecule has 0 saturated heterocycles. The summed E-state index contributed by atoms with van der Waals surface area (Å²) in [6.07, 6.45) is 0.877. The molecule has 6 nitrogen and oxygen atoms in total. The van der Waals surface area contributed by atoms with E-state index in [1.807, 2.05) is 0 Å². The molecule has 21 heavy (non-hydrogen) atoms. The Bertz CT molecular complexity index is 494. The molecule has 0 saturated carbocycles. The van der Waals surface area contributed by atoms with Gasteiger partial charge in [-0.05, 0) is 18.6 Å². The molecule has 0 fully saturated rings. The van der Waals surface area contributed by atoms with Crippen LogP contribution in [-0.2, 0) is 20.3 Å². The van der Waals surface area contributed by atoms with Crippen LogP contribution >= 0.6 is 0 Å². The van der Waals surface area contributed by atoms with Gasteiger partial charge in [-0.25, -0.2) is 0 Å². The third-order valence-corrected chi connectivity index (χ3v) is 4.19. The number of methoxy groups -OCH3 is 2. The van der Waals surface area contributed by atoms with E-state index in [1.165, 1.54) is 0 Å². The molecule has 1 aromatic carbocycles. The van der Waals surface area contributed by atoms with Gasteiger partial charge in [-0.1, -0.05) is 0 Å². The quantitative estimate of drug-likeness (QED) is 0.672. The van der Waals surface area contributed by atoms with E-state index in [2.05, 4.69) is 5.32 Å². The molecule has 0 radical (unpaired) electrons. The van der Waals surface area contributed by atoms with Crippen LogP contribution in [0.5, 0.6) is 5.75 Å². The van der Waals surface area contributed by atoms with E-state index in [4.69, 9.17) is 15.2 Å². The molecule has 3 N–H and O–H groups in total. The minimum absolute atomic E-state index is 0.143. The Morgan fingerprint density at radius 1 is 1.33 bits per heavy atom. The zero-order chi connectivity index (χ0) is 15.7. The van der Waals surface area contributed by atoms with Crippen LogP contribution in [0.4, 0.5) is 11.4 Å². The lowest BCUT2D eigenvalue weighted by atomic mass is 10.2. The molecule has 7 heteroatoms. The third kappa shape index (κ3) is 6.59. The Balaban J connectivity index is 2.35. The summed E-state index contributed by atoms with van der Waals surface area (Å²) in [7, 11) is 2.19. The first kappa shape index (κ1) is 17.5. The van der Waals surface area contributed by atoms with Gasteiger partial charge in [0, 0.05) is 41.9 Å². The van der Waals surface area contributed by atoms with E-state index in [9.17, 15) is 9.00 Å². The van der Waals surface area contributed by atoms with Gasteiger partial charge in [0.1, 0.15) is 5.75 Å². The standard InChI is InChI=1S/C14H22N2O4S/c1-19-7-9-21(18)8-3-4-14(17)16-13-6-5-11(20-2)10-12(13)15/h5-6,10H,3-4,7-9,15H2,1-2H3,(H,16,17). The number of carbonyl (C=O) groups excluding carboxylic acids is 1. The highest BCUT2D eigenvalue weighted by Gasteiger charge is 2.07. The zero-order valence-electron chi connectivity index (χ0n) is 12.4. The van der Waals surface area contributed by atoms with Gasteiger partial charge in [-0.2, -0.15) is 0 Å². The van der Waals surface area contributed by atoms with Crippen LogP contribution in [0.3, 0.4) is 0 Å². The summed E-state index contributed by atoms with van der Waals surface area (Å²) in [6.45, 7) is 0.473. The van der Waals surface area contributed by atoms with E-state index in [0.29, 0.717) is 48.1 Å². The molecule has 1 aromatic rings. The number of benzene rings is 1. The molecule has 0 spiro atoms. The number of nitrogen functional groups attached to an aromatic ring is 1. The molecular weight excluding hydrogens is 292 g/mol. The summed E-state index contributed by atoms with van der Waals surface area (Å²) >= 11 is 0. The number of hydrogen-bond donors (Lipinski definition) is 2. The average molecular weight is 314 g/mol. The van der Waals surface area contributed by atoms with Gasteiger partial charge in [-0.3, -0.25) is 9.00 Å². The van der Waals surface area contributed by atoms with Gasteiger partial charge >= 0.3 is 0 Å². The van der Waals surface area contributed by atoms with E-state index in [0.717, 1.165) is 0 Å². The van der Waals surface area contributed by atoms with Crippen molar-refractivity contribution in [3.05, 3.63) is 18.2 Å². The summed E-state index contributed by atoms with van der Waals surface area (Å²) in [4.78, 5) is 11.8. The summed E-state index contributed by atoms with van der Waals surface area (Å²) < 4.78 is 21.4. The van der Waals surface area contributed by atoms with Crippen molar-refractivity contribution >= 4 is 28.1 Å². The Morgan fingerprint density at radius 2 is 2.10 bits per heavy atom. The number of anilines is 2. The number of hydrogen-bond acceptors (Lipinski definition) is 5. The lowest BCUT2D eigenvalue weighted by Gasteiger charge is -2.09. The molecule has 0 heterocycles. The highest BCUT2D eigenvalue weighted by Crippen LogP contribution is 2.24. The third-order valence-electron chi connectivity index (χ3n) is 2.82. The lowest BCUT2D eigenvalue weighted by molar-refractivity contribution is -0.116. The molecule has 1 atom stereocenters. The van der Waals surface area contributed by atoms with E-state index >= 15 is 0 Å². The number of rotatable bonds is 9. The van der Waals surface area contributed by atoms with Crippen molar-refractivity contribution < 1.29 is 18.5 Å². The molecule has 0 bridgehead atoms. The fraction of sp³-hybridized carbons (Fsp3) is 0.500. The van der Waals surface area contributed by atoms with Gasteiger partial charge in [-0.15, -0.1) is 0 Å². The van der Waals surface area contributed by atoms with Crippen molar-refractivity contribution in [3.8, 4) is 5.75 Å². The van der Waals surface area contributed by atoms with Crippen LogP contribution in [-0.4, -0.2) is 42.4 Å². The topological polar surface area (TPSA) is 90.7 Å². The first-order valence-electron chi connectivity index (χ1n) is 6.64. The second-order valence-corrected chi connectivity index (χ2v) is 6.14. The first-order valence-corrected chi connectivity index (χ1v) is 8.13. The van der Waals surface area contributed by atoms with Crippen LogP contribution in [0, 0.1) is 0 Å². The number of carbonyl (C=O) groups is 1. The molecule has 0 aliphatic carbocycles. The van der Waals surface area contributed by atoms with E-state index in [1.54, 1.807) is 32.4 Å². The van der Waals surface area contributed by atoms with Crippen LogP contribution in [0.2, 0.25) is 0 Å². The van der Waals surface area contributed by atoms with Gasteiger partial charge in [0.25, 0.3) is 0 Å². The van der Waals surface area contributed by atoms with Crippen molar-refractivity contribution in [2.24, 2.45) is 0 Å². The number of nitrogens with one attached hydrogen (secondary N) is 1. The number of amides is 1. The van der Waals surface area contributed by atoms with Gasteiger partial charge in [0.15, 0.2) is 0 Å². The van der Waals surface area contributed by atoms with Crippen molar-refractivity contribution in [2.45, 2.75) is 12.8 Å². The highest BCUT2D eigenvalue weighted by atomic mass is 32.2. The maximum atomic E-state index is 11.8. The zero-order valence-corrected chi connectivity index (χ0v) is 13.2. The molecule has 0 aromatic heterocycles. The monoisotopic (exact) mass is 314 g/mol. The molecular formula is C14H22N2O4S.